The predicted octanol–water partition coefficient (Wildman–Crippen LogP) is 16.5. The van der Waals surface area contributed by atoms with Crippen molar-refractivity contribution in [2.45, 2.75) is 0 Å². The lowest BCUT2D eigenvalue weighted by atomic mass is 9.84. The quantitative estimate of drug-likeness (QED) is 0.146. The van der Waals surface area contributed by atoms with Gasteiger partial charge in [-0.2, -0.15) is 0 Å². The summed E-state index contributed by atoms with van der Waals surface area (Å²) in [5.74, 6) is 0. The molecule has 0 atom stereocenters. The Morgan fingerprint density at radius 1 is 0.241 bits per heavy atom. The summed E-state index contributed by atoms with van der Waals surface area (Å²) in [7, 11) is 0. The van der Waals surface area contributed by atoms with Crippen LogP contribution in [0.3, 0.4) is 0 Å². The largest absolute Gasteiger partial charge is 0.310 e. The Bertz CT molecular complexity index is 3260. The third-order valence-corrected chi connectivity index (χ3v) is 12.6. The maximum Gasteiger partial charge on any atom is 0.0476 e. The van der Waals surface area contributed by atoms with Crippen molar-refractivity contribution in [3.63, 3.8) is 0 Å². The zero-order valence-corrected chi connectivity index (χ0v) is 32.5. The summed E-state index contributed by atoms with van der Waals surface area (Å²) >= 11 is 1.86. The smallest absolute Gasteiger partial charge is 0.0476 e. The summed E-state index contributed by atoms with van der Waals surface area (Å²) in [6, 6.07) is 81.9. The van der Waals surface area contributed by atoms with Crippen LogP contribution in [0, 0.1) is 0 Å². The van der Waals surface area contributed by atoms with Crippen molar-refractivity contribution in [2.75, 3.05) is 4.90 Å². The van der Waals surface area contributed by atoms with Gasteiger partial charge < -0.3 is 4.90 Å². The molecule has 0 saturated carbocycles. The van der Waals surface area contributed by atoms with E-state index >= 15 is 0 Å². The summed E-state index contributed by atoms with van der Waals surface area (Å²) < 4.78 is 2.60. The Labute approximate surface area is 342 Å². The topological polar surface area (TPSA) is 3.24 Å². The second kappa shape index (κ2) is 14.4. The molecule has 1 heterocycles. The summed E-state index contributed by atoms with van der Waals surface area (Å²) in [5, 5.41) is 7.65. The molecule has 0 spiro atoms. The Kier molecular flexibility index (Phi) is 8.42. The van der Waals surface area contributed by atoms with Crippen molar-refractivity contribution in [2.24, 2.45) is 0 Å². The molecule has 11 aromatic rings. The second-order valence-electron chi connectivity index (χ2n) is 14.9. The molecule has 0 saturated heterocycles. The van der Waals surface area contributed by atoms with Gasteiger partial charge in [-0.3, -0.25) is 0 Å². The Hall–Kier alpha value is -7.26. The molecule has 1 nitrogen and oxygen atoms in total. The second-order valence-corrected chi connectivity index (χ2v) is 15.9. The summed E-state index contributed by atoms with van der Waals surface area (Å²) in [6.45, 7) is 0. The van der Waals surface area contributed by atoms with Crippen molar-refractivity contribution >= 4 is 70.1 Å². The van der Waals surface area contributed by atoms with E-state index in [9.17, 15) is 0 Å². The molecule has 58 heavy (non-hydrogen) atoms. The van der Waals surface area contributed by atoms with E-state index in [-0.39, 0.29) is 0 Å². The first-order chi connectivity index (χ1) is 28.8. The normalized spacial score (nSPS) is 11.4. The molecule has 0 amide bonds. The third-order valence-electron chi connectivity index (χ3n) is 11.4. The maximum atomic E-state index is 2.40. The van der Waals surface area contributed by atoms with Crippen LogP contribution in [0.5, 0.6) is 0 Å². The first-order valence-electron chi connectivity index (χ1n) is 19.8. The number of benzene rings is 10. The number of nitrogens with zero attached hydrogens (tertiary/aromatic N) is 1. The molecule has 0 bridgehead atoms. The van der Waals surface area contributed by atoms with Gasteiger partial charge in [0, 0.05) is 37.2 Å². The van der Waals surface area contributed by atoms with Crippen LogP contribution in [0.25, 0.3) is 86.2 Å². The van der Waals surface area contributed by atoms with Gasteiger partial charge in [0.15, 0.2) is 0 Å². The van der Waals surface area contributed by atoms with E-state index in [1.54, 1.807) is 0 Å². The average molecular weight is 756 g/mol. The molecule has 1 aromatic heterocycles. The summed E-state index contributed by atoms with van der Waals surface area (Å²) in [6.07, 6.45) is 0. The number of anilines is 3. The highest BCUT2D eigenvalue weighted by molar-refractivity contribution is 7.25. The van der Waals surface area contributed by atoms with Crippen LogP contribution in [0.2, 0.25) is 0 Å². The van der Waals surface area contributed by atoms with E-state index in [0.29, 0.717) is 0 Å². The van der Waals surface area contributed by atoms with Gasteiger partial charge >= 0.3 is 0 Å². The van der Waals surface area contributed by atoms with Crippen molar-refractivity contribution in [1.29, 1.82) is 0 Å². The minimum Gasteiger partial charge on any atom is -0.310 e. The Morgan fingerprint density at radius 2 is 0.707 bits per heavy atom. The van der Waals surface area contributed by atoms with Gasteiger partial charge in [-0.1, -0.05) is 176 Å². The number of thiophene rings is 1. The molecule has 0 fully saturated rings. The van der Waals surface area contributed by atoms with Gasteiger partial charge in [-0.15, -0.1) is 11.3 Å². The third kappa shape index (κ3) is 5.94. The van der Waals surface area contributed by atoms with E-state index in [0.717, 1.165) is 17.1 Å². The summed E-state index contributed by atoms with van der Waals surface area (Å²) in [5.41, 5.74) is 13.1. The zero-order chi connectivity index (χ0) is 38.4. The predicted molar refractivity (Wildman–Crippen MR) is 251 cm³/mol. The fraction of sp³-hybridized carbons (Fsp3) is 0. The van der Waals surface area contributed by atoms with Gasteiger partial charge in [-0.25, -0.2) is 0 Å². The Balaban J connectivity index is 1.07. The first-order valence-corrected chi connectivity index (χ1v) is 20.7. The van der Waals surface area contributed by atoms with Crippen LogP contribution in [-0.4, -0.2) is 0 Å². The lowest BCUT2D eigenvalue weighted by Gasteiger charge is -2.26. The maximum absolute atomic E-state index is 2.40. The van der Waals surface area contributed by atoms with Crippen LogP contribution >= 0.6 is 11.3 Å². The van der Waals surface area contributed by atoms with Gasteiger partial charge in [-0.05, 0) is 115 Å². The molecule has 0 unspecified atom stereocenters. The molecular formula is C56H37NS. The number of hydrogen-bond acceptors (Lipinski definition) is 2. The molecule has 0 aliphatic heterocycles. The molecule has 0 N–H and O–H groups in total. The van der Waals surface area contributed by atoms with E-state index in [1.807, 2.05) is 11.3 Å². The van der Waals surface area contributed by atoms with E-state index in [1.165, 1.54) is 86.2 Å². The lowest BCUT2D eigenvalue weighted by molar-refractivity contribution is 1.29. The molecule has 0 aliphatic carbocycles. The molecule has 272 valence electrons. The molecule has 0 aliphatic rings. The number of rotatable bonds is 7. The van der Waals surface area contributed by atoms with Gasteiger partial charge in [0.1, 0.15) is 0 Å². The van der Waals surface area contributed by atoms with Crippen molar-refractivity contribution in [3.8, 4) is 44.5 Å². The SMILES string of the molecule is c1ccc(-c2cccc(N(c3ccc(-c4ccc5c(c4)c(-c4ccccc4)c(-c4ccccc4)c4ccccc45)cc3)c3ccc4c(c3)sc3ccccc34)c2)cc1. The minimum absolute atomic E-state index is 1.11. The van der Waals surface area contributed by atoms with Crippen LogP contribution in [0.1, 0.15) is 0 Å². The fourth-order valence-corrected chi connectivity index (χ4v) is 9.88. The fourth-order valence-electron chi connectivity index (χ4n) is 8.74. The van der Waals surface area contributed by atoms with Crippen LogP contribution in [0.4, 0.5) is 17.1 Å². The molecule has 0 radical (unpaired) electrons. The summed E-state index contributed by atoms with van der Waals surface area (Å²) in [4.78, 5) is 2.40. The van der Waals surface area contributed by atoms with Crippen molar-refractivity contribution < 1.29 is 0 Å². The number of hydrogen-bond donors (Lipinski definition) is 0. The van der Waals surface area contributed by atoms with Gasteiger partial charge in [0.2, 0.25) is 0 Å². The van der Waals surface area contributed by atoms with E-state index in [2.05, 4.69) is 229 Å². The highest BCUT2D eigenvalue weighted by Gasteiger charge is 2.19. The standard InChI is InChI=1S/C56H37NS/c1-4-15-38(16-5-1)42-21-14-22-45(35-42)57(46-32-34-50-49-24-12-13-26-53(49)58-54(50)37-46)44-30-27-39(28-31-44)43-29-33-48-47-23-10-11-25-51(47)55(40-17-6-2-7-18-40)56(52(48)36-43)41-19-8-3-9-20-41/h1-37H. The number of fused-ring (bicyclic) bond motifs is 6. The van der Waals surface area contributed by atoms with Gasteiger partial charge in [0.25, 0.3) is 0 Å². The lowest BCUT2D eigenvalue weighted by Crippen LogP contribution is -2.09. The highest BCUT2D eigenvalue weighted by atomic mass is 32.1. The highest BCUT2D eigenvalue weighted by Crippen LogP contribution is 2.46. The molecular weight excluding hydrogens is 719 g/mol. The monoisotopic (exact) mass is 755 g/mol. The van der Waals surface area contributed by atoms with Crippen LogP contribution in [0.15, 0.2) is 224 Å². The average Bonchev–Trinajstić information content (AvgIpc) is 3.68. The van der Waals surface area contributed by atoms with Crippen molar-refractivity contribution in [3.05, 3.63) is 224 Å². The Morgan fingerprint density at radius 3 is 1.43 bits per heavy atom. The molecule has 10 aromatic carbocycles. The van der Waals surface area contributed by atoms with Crippen LogP contribution in [-0.2, 0) is 0 Å². The molecule has 2 heteroatoms. The van der Waals surface area contributed by atoms with Crippen LogP contribution < -0.4 is 4.90 Å². The van der Waals surface area contributed by atoms with E-state index in [4.69, 9.17) is 0 Å². The van der Waals surface area contributed by atoms with Gasteiger partial charge in [0.05, 0.1) is 0 Å². The first kappa shape index (κ1) is 34.0. The zero-order valence-electron chi connectivity index (χ0n) is 31.7. The van der Waals surface area contributed by atoms with E-state index < -0.39 is 0 Å². The van der Waals surface area contributed by atoms with Crippen molar-refractivity contribution in [1.82, 2.24) is 0 Å². The molecule has 11 rings (SSSR count). The minimum atomic E-state index is 1.11.